The Bertz CT molecular complexity index is 777. The summed E-state index contributed by atoms with van der Waals surface area (Å²) in [5.41, 5.74) is 1.06. The summed E-state index contributed by atoms with van der Waals surface area (Å²) in [5.74, 6) is -2.04. The van der Waals surface area contributed by atoms with Crippen LogP contribution in [0, 0.1) is 5.92 Å². The predicted octanol–water partition coefficient (Wildman–Crippen LogP) is 2.28. The quantitative estimate of drug-likeness (QED) is 0.767. The van der Waals surface area contributed by atoms with Crippen LogP contribution in [0.3, 0.4) is 0 Å². The lowest BCUT2D eigenvalue weighted by atomic mass is 9.85. The Hall–Kier alpha value is -1.89. The summed E-state index contributed by atoms with van der Waals surface area (Å²) >= 11 is 0. The number of rotatable bonds is 7. The number of nitrogens with zero attached hydrogens (tertiary/aromatic N) is 1. The van der Waals surface area contributed by atoms with Crippen LogP contribution in [0.2, 0.25) is 0 Å². The van der Waals surface area contributed by atoms with E-state index in [0.29, 0.717) is 19.3 Å². The molecule has 0 bridgehead atoms. The molecule has 0 aromatic heterocycles. The number of amides is 1. The number of benzene rings is 1. The van der Waals surface area contributed by atoms with Gasteiger partial charge in [-0.25, -0.2) is 13.2 Å². The zero-order valence-electron chi connectivity index (χ0n) is 15.4. The fourth-order valence-corrected chi connectivity index (χ4v) is 5.77. The standard InChI is InChI=1S/C20H27NO5S/c22-19(14-27(25,26)12-6-9-15-7-2-1-3-8-15)21-17-11-5-4-10-16(17)13-18(21)20(23)24/h1-3,7-8,16-18H,4-6,9-14H2,(H,23,24)/t16-,17+,18-/m0/s1. The number of carbonyl (C=O) groups excluding carboxylic acids is 1. The molecule has 2 aliphatic rings. The summed E-state index contributed by atoms with van der Waals surface area (Å²) in [5, 5.41) is 9.50. The van der Waals surface area contributed by atoms with Gasteiger partial charge in [-0.1, -0.05) is 43.2 Å². The van der Waals surface area contributed by atoms with Gasteiger partial charge in [0.2, 0.25) is 5.91 Å². The number of carboxylic acids is 1. The van der Waals surface area contributed by atoms with Crippen molar-refractivity contribution in [2.24, 2.45) is 5.92 Å². The van der Waals surface area contributed by atoms with E-state index >= 15 is 0 Å². The second-order valence-corrected chi connectivity index (χ2v) is 9.87. The molecule has 3 atom stereocenters. The first-order valence-electron chi connectivity index (χ1n) is 9.66. The highest BCUT2D eigenvalue weighted by Crippen LogP contribution is 2.39. The summed E-state index contributed by atoms with van der Waals surface area (Å²) in [6.07, 6.45) is 5.24. The third kappa shape index (κ3) is 4.89. The molecule has 148 valence electrons. The fraction of sp³-hybridized carbons (Fsp3) is 0.600. The third-order valence-electron chi connectivity index (χ3n) is 5.77. The van der Waals surface area contributed by atoms with Gasteiger partial charge in [0.25, 0.3) is 0 Å². The van der Waals surface area contributed by atoms with Crippen molar-refractivity contribution in [3.05, 3.63) is 35.9 Å². The molecule has 1 saturated carbocycles. The van der Waals surface area contributed by atoms with Crippen LogP contribution in [0.4, 0.5) is 0 Å². The van der Waals surface area contributed by atoms with E-state index < -0.39 is 33.5 Å². The Balaban J connectivity index is 1.61. The molecule has 1 aromatic carbocycles. The van der Waals surface area contributed by atoms with Gasteiger partial charge in [-0.3, -0.25) is 4.79 Å². The Labute approximate surface area is 160 Å². The fourth-order valence-electron chi connectivity index (χ4n) is 4.51. The summed E-state index contributed by atoms with van der Waals surface area (Å²) in [7, 11) is -3.56. The normalized spacial score (nSPS) is 25.2. The van der Waals surface area contributed by atoms with Crippen LogP contribution in [0.5, 0.6) is 0 Å². The highest BCUT2D eigenvalue weighted by Gasteiger charge is 2.47. The molecule has 1 saturated heterocycles. The topological polar surface area (TPSA) is 91.8 Å². The maximum Gasteiger partial charge on any atom is 0.326 e. The van der Waals surface area contributed by atoms with Crippen LogP contribution in [0.25, 0.3) is 0 Å². The van der Waals surface area contributed by atoms with Gasteiger partial charge >= 0.3 is 5.97 Å². The summed E-state index contributed by atoms with van der Waals surface area (Å²) in [6, 6.07) is 8.62. The van der Waals surface area contributed by atoms with Crippen molar-refractivity contribution in [1.29, 1.82) is 0 Å². The molecule has 0 unspecified atom stereocenters. The van der Waals surface area contributed by atoms with Gasteiger partial charge in [-0.15, -0.1) is 0 Å². The molecule has 1 N–H and O–H groups in total. The summed E-state index contributed by atoms with van der Waals surface area (Å²) in [6.45, 7) is 0. The third-order valence-corrected chi connectivity index (χ3v) is 7.37. The van der Waals surface area contributed by atoms with Crippen LogP contribution >= 0.6 is 0 Å². The maximum atomic E-state index is 12.7. The van der Waals surface area contributed by atoms with E-state index in [1.54, 1.807) is 0 Å². The summed E-state index contributed by atoms with van der Waals surface area (Å²) in [4.78, 5) is 25.7. The van der Waals surface area contributed by atoms with Gasteiger partial charge in [-0.2, -0.15) is 0 Å². The van der Waals surface area contributed by atoms with E-state index in [1.807, 2.05) is 30.3 Å². The average molecular weight is 394 g/mol. The van der Waals surface area contributed by atoms with Crippen molar-refractivity contribution in [2.45, 2.75) is 57.0 Å². The minimum atomic E-state index is -3.56. The molecular formula is C20H27NO5S. The molecule has 27 heavy (non-hydrogen) atoms. The Morgan fingerprint density at radius 2 is 1.81 bits per heavy atom. The first kappa shape index (κ1) is 19.9. The Morgan fingerprint density at radius 3 is 2.52 bits per heavy atom. The second-order valence-electron chi connectivity index (χ2n) is 7.68. The number of fused-ring (bicyclic) bond motifs is 1. The van der Waals surface area contributed by atoms with Gasteiger partial charge in [0.15, 0.2) is 9.84 Å². The molecule has 6 nitrogen and oxygen atoms in total. The van der Waals surface area contributed by atoms with Gasteiger partial charge in [-0.05, 0) is 43.6 Å². The number of hydrogen-bond acceptors (Lipinski definition) is 4. The number of likely N-dealkylation sites (tertiary alicyclic amines) is 1. The second kappa shape index (κ2) is 8.42. The van der Waals surface area contributed by atoms with Gasteiger partial charge in [0.05, 0.1) is 5.75 Å². The zero-order valence-corrected chi connectivity index (χ0v) is 16.2. The number of hydrogen-bond donors (Lipinski definition) is 1. The Kier molecular flexibility index (Phi) is 6.19. The smallest absolute Gasteiger partial charge is 0.326 e. The molecule has 0 spiro atoms. The molecular weight excluding hydrogens is 366 g/mol. The van der Waals surface area contributed by atoms with Crippen LogP contribution in [-0.2, 0) is 25.8 Å². The predicted molar refractivity (Wildman–Crippen MR) is 102 cm³/mol. The minimum absolute atomic E-state index is 0.0622. The number of carboxylic acid groups (broad SMARTS) is 1. The summed E-state index contributed by atoms with van der Waals surface area (Å²) < 4.78 is 24.9. The van der Waals surface area contributed by atoms with E-state index in [2.05, 4.69) is 0 Å². The number of carbonyl (C=O) groups is 2. The highest BCUT2D eigenvalue weighted by atomic mass is 32.2. The lowest BCUT2D eigenvalue weighted by molar-refractivity contribution is -0.148. The molecule has 1 aromatic rings. The van der Waals surface area contributed by atoms with Crippen LogP contribution < -0.4 is 0 Å². The first-order chi connectivity index (χ1) is 12.9. The van der Waals surface area contributed by atoms with Crippen molar-refractivity contribution in [3.8, 4) is 0 Å². The molecule has 7 heteroatoms. The number of aliphatic carboxylic acids is 1. The van der Waals surface area contributed by atoms with E-state index in [1.165, 1.54) is 4.90 Å². The van der Waals surface area contributed by atoms with Crippen molar-refractivity contribution in [2.75, 3.05) is 11.5 Å². The van der Waals surface area contributed by atoms with E-state index in [4.69, 9.17) is 0 Å². The maximum absolute atomic E-state index is 12.7. The van der Waals surface area contributed by atoms with Crippen LogP contribution in [-0.4, -0.2) is 53.9 Å². The monoisotopic (exact) mass is 393 g/mol. The van der Waals surface area contributed by atoms with Crippen molar-refractivity contribution < 1.29 is 23.1 Å². The molecule has 3 rings (SSSR count). The van der Waals surface area contributed by atoms with Gasteiger partial charge in [0.1, 0.15) is 11.8 Å². The number of sulfone groups is 1. The van der Waals surface area contributed by atoms with Crippen molar-refractivity contribution in [3.63, 3.8) is 0 Å². The molecule has 1 aliphatic carbocycles. The molecule has 1 heterocycles. The lowest BCUT2D eigenvalue weighted by Gasteiger charge is -2.33. The van der Waals surface area contributed by atoms with Crippen LogP contribution in [0.1, 0.15) is 44.1 Å². The molecule has 1 aliphatic heterocycles. The zero-order chi connectivity index (χ0) is 19.4. The largest absolute Gasteiger partial charge is 0.480 e. The SMILES string of the molecule is O=C(O)[C@@H]1C[C@@H]2CCCC[C@H]2N1C(=O)CS(=O)(=O)CCCc1ccccc1. The highest BCUT2D eigenvalue weighted by molar-refractivity contribution is 7.92. The van der Waals surface area contributed by atoms with Crippen LogP contribution in [0.15, 0.2) is 30.3 Å². The van der Waals surface area contributed by atoms with Crippen molar-refractivity contribution in [1.82, 2.24) is 4.90 Å². The minimum Gasteiger partial charge on any atom is -0.480 e. The molecule has 1 amide bonds. The molecule has 0 radical (unpaired) electrons. The average Bonchev–Trinajstić information content (AvgIpc) is 3.02. The number of aryl methyl sites for hydroxylation is 1. The first-order valence-corrected chi connectivity index (χ1v) is 11.5. The van der Waals surface area contributed by atoms with Gasteiger partial charge in [0, 0.05) is 6.04 Å². The van der Waals surface area contributed by atoms with Crippen molar-refractivity contribution >= 4 is 21.7 Å². The van der Waals surface area contributed by atoms with E-state index in [0.717, 1.165) is 31.2 Å². The lowest BCUT2D eigenvalue weighted by Crippen LogP contribution is -2.48. The molecule has 2 fully saturated rings. The van der Waals surface area contributed by atoms with E-state index in [9.17, 15) is 23.1 Å². The van der Waals surface area contributed by atoms with Gasteiger partial charge < -0.3 is 10.0 Å². The Morgan fingerprint density at radius 1 is 1.11 bits per heavy atom. The van der Waals surface area contributed by atoms with E-state index in [-0.39, 0.29) is 17.7 Å².